The number of nitrogens with one attached hydrogen (secondary N) is 1. The van der Waals surface area contributed by atoms with Crippen molar-refractivity contribution in [2.24, 2.45) is 0 Å². The van der Waals surface area contributed by atoms with Gasteiger partial charge in [-0.05, 0) is 33.2 Å². The Bertz CT molecular complexity index is 142. The summed E-state index contributed by atoms with van der Waals surface area (Å²) in [6, 6.07) is 1.28. The third-order valence-corrected chi connectivity index (χ3v) is 2.71. The van der Waals surface area contributed by atoms with Crippen LogP contribution in [0.1, 0.15) is 26.7 Å². The van der Waals surface area contributed by atoms with Crippen LogP contribution in [0.5, 0.6) is 0 Å². The van der Waals surface area contributed by atoms with Crippen molar-refractivity contribution in [1.29, 1.82) is 0 Å². The van der Waals surface area contributed by atoms with Crippen molar-refractivity contribution in [1.82, 2.24) is 10.2 Å². The molecule has 0 aromatic rings. The van der Waals surface area contributed by atoms with Gasteiger partial charge in [0.15, 0.2) is 0 Å². The summed E-state index contributed by atoms with van der Waals surface area (Å²) in [5.41, 5.74) is 0. The molecule has 0 bridgehead atoms. The van der Waals surface area contributed by atoms with Crippen molar-refractivity contribution in [3.8, 4) is 0 Å². The van der Waals surface area contributed by atoms with Crippen LogP contribution < -0.4 is 5.32 Å². The Kier molecular flexibility index (Phi) is 5.45. The van der Waals surface area contributed by atoms with Gasteiger partial charge in [-0.25, -0.2) is 0 Å². The third-order valence-electron chi connectivity index (χ3n) is 2.71. The molecule has 0 spiro atoms. The fourth-order valence-corrected chi connectivity index (χ4v) is 2.20. The number of ether oxygens (including phenoxy) is 1. The summed E-state index contributed by atoms with van der Waals surface area (Å²) >= 11 is 0. The van der Waals surface area contributed by atoms with Crippen molar-refractivity contribution in [3.63, 3.8) is 0 Å². The first-order chi connectivity index (χ1) is 6.72. The summed E-state index contributed by atoms with van der Waals surface area (Å²) in [5.74, 6) is 0. The van der Waals surface area contributed by atoms with Crippen molar-refractivity contribution < 1.29 is 4.74 Å². The number of rotatable bonds is 5. The lowest BCUT2D eigenvalue weighted by molar-refractivity contribution is 0.156. The minimum absolute atomic E-state index is 0.640. The molecule has 0 aliphatic carbocycles. The molecular formula is C11H24N2O. The number of methoxy groups -OCH3 is 1. The average Bonchev–Trinajstić information content (AvgIpc) is 2.11. The lowest BCUT2D eigenvalue weighted by Crippen LogP contribution is -2.54. The summed E-state index contributed by atoms with van der Waals surface area (Å²) < 4.78 is 5.04. The van der Waals surface area contributed by atoms with Gasteiger partial charge in [0.2, 0.25) is 0 Å². The SMILES string of the molecule is COCCCCN1CC(C)NC(C)C1. The quantitative estimate of drug-likeness (QED) is 0.673. The highest BCUT2D eigenvalue weighted by atomic mass is 16.5. The first-order valence-electron chi connectivity index (χ1n) is 5.69. The van der Waals surface area contributed by atoms with Gasteiger partial charge in [0.1, 0.15) is 0 Å². The van der Waals surface area contributed by atoms with Gasteiger partial charge in [0.05, 0.1) is 0 Å². The zero-order chi connectivity index (χ0) is 10.4. The lowest BCUT2D eigenvalue weighted by atomic mass is 10.1. The largest absolute Gasteiger partial charge is 0.385 e. The maximum absolute atomic E-state index is 5.04. The molecule has 1 fully saturated rings. The maximum atomic E-state index is 5.04. The standard InChI is InChI=1S/C11H24N2O/c1-10-8-13(9-11(2)12-10)6-4-5-7-14-3/h10-12H,4-9H2,1-3H3. The van der Waals surface area contributed by atoms with Crippen LogP contribution in [-0.4, -0.2) is 50.3 Å². The first-order valence-corrected chi connectivity index (χ1v) is 5.69. The molecule has 0 amide bonds. The molecule has 0 radical (unpaired) electrons. The molecule has 1 aliphatic heterocycles. The van der Waals surface area contributed by atoms with Gasteiger partial charge in [-0.3, -0.25) is 0 Å². The predicted molar refractivity (Wildman–Crippen MR) is 59.6 cm³/mol. The van der Waals surface area contributed by atoms with Crippen molar-refractivity contribution in [2.75, 3.05) is 33.4 Å². The number of piperazine rings is 1. The smallest absolute Gasteiger partial charge is 0.0462 e. The Morgan fingerprint density at radius 3 is 2.43 bits per heavy atom. The van der Waals surface area contributed by atoms with E-state index in [2.05, 4.69) is 24.1 Å². The highest BCUT2D eigenvalue weighted by molar-refractivity contribution is 4.80. The molecule has 1 N–H and O–H groups in total. The Morgan fingerprint density at radius 2 is 1.86 bits per heavy atom. The molecule has 1 aliphatic rings. The zero-order valence-corrected chi connectivity index (χ0v) is 9.75. The fraction of sp³-hybridized carbons (Fsp3) is 1.00. The Morgan fingerprint density at radius 1 is 1.21 bits per heavy atom. The van der Waals surface area contributed by atoms with E-state index in [9.17, 15) is 0 Å². The summed E-state index contributed by atoms with van der Waals surface area (Å²) in [6.07, 6.45) is 2.44. The van der Waals surface area contributed by atoms with E-state index in [0.29, 0.717) is 12.1 Å². The fourth-order valence-electron chi connectivity index (χ4n) is 2.20. The number of nitrogens with zero attached hydrogens (tertiary/aromatic N) is 1. The number of hydrogen-bond donors (Lipinski definition) is 1. The van der Waals surface area contributed by atoms with E-state index in [1.54, 1.807) is 7.11 Å². The second-order valence-corrected chi connectivity index (χ2v) is 4.43. The monoisotopic (exact) mass is 200 g/mol. The molecular weight excluding hydrogens is 176 g/mol. The van der Waals surface area contributed by atoms with Gasteiger partial charge in [-0.1, -0.05) is 0 Å². The maximum Gasteiger partial charge on any atom is 0.0462 e. The Hall–Kier alpha value is -0.120. The van der Waals surface area contributed by atoms with Crippen LogP contribution in [0.3, 0.4) is 0 Å². The predicted octanol–water partition coefficient (Wildman–Crippen LogP) is 1.10. The molecule has 3 heteroatoms. The highest BCUT2D eigenvalue weighted by Crippen LogP contribution is 2.05. The van der Waals surface area contributed by atoms with Crippen molar-refractivity contribution in [3.05, 3.63) is 0 Å². The van der Waals surface area contributed by atoms with Crippen LogP contribution in [0.2, 0.25) is 0 Å². The van der Waals surface area contributed by atoms with Gasteiger partial charge in [0, 0.05) is 38.9 Å². The minimum atomic E-state index is 0.640. The van der Waals surface area contributed by atoms with Crippen LogP contribution in [0.4, 0.5) is 0 Å². The van der Waals surface area contributed by atoms with Gasteiger partial charge >= 0.3 is 0 Å². The molecule has 2 unspecified atom stereocenters. The Labute approximate surface area is 87.8 Å². The third kappa shape index (κ3) is 4.40. The highest BCUT2D eigenvalue weighted by Gasteiger charge is 2.19. The molecule has 0 saturated carbocycles. The van der Waals surface area contributed by atoms with E-state index >= 15 is 0 Å². The van der Waals surface area contributed by atoms with Crippen LogP contribution in [0.15, 0.2) is 0 Å². The van der Waals surface area contributed by atoms with Crippen LogP contribution >= 0.6 is 0 Å². The van der Waals surface area contributed by atoms with Gasteiger partial charge in [-0.2, -0.15) is 0 Å². The first kappa shape index (κ1) is 12.0. The summed E-state index contributed by atoms with van der Waals surface area (Å²) in [7, 11) is 1.77. The van der Waals surface area contributed by atoms with Crippen LogP contribution in [-0.2, 0) is 4.74 Å². The number of unbranched alkanes of at least 4 members (excludes halogenated alkanes) is 1. The molecule has 2 atom stereocenters. The van der Waals surface area contributed by atoms with E-state index in [1.807, 2.05) is 0 Å². The van der Waals surface area contributed by atoms with Crippen LogP contribution in [0.25, 0.3) is 0 Å². The molecule has 84 valence electrons. The zero-order valence-electron chi connectivity index (χ0n) is 9.75. The van der Waals surface area contributed by atoms with E-state index in [4.69, 9.17) is 4.74 Å². The van der Waals surface area contributed by atoms with Gasteiger partial charge in [-0.15, -0.1) is 0 Å². The minimum Gasteiger partial charge on any atom is -0.385 e. The average molecular weight is 200 g/mol. The molecule has 1 rings (SSSR count). The molecule has 0 aromatic heterocycles. The van der Waals surface area contributed by atoms with E-state index in [-0.39, 0.29) is 0 Å². The lowest BCUT2D eigenvalue weighted by Gasteiger charge is -2.36. The van der Waals surface area contributed by atoms with Gasteiger partial charge in [0.25, 0.3) is 0 Å². The Balaban J connectivity index is 2.10. The summed E-state index contributed by atoms with van der Waals surface area (Å²) in [5, 5.41) is 3.54. The summed E-state index contributed by atoms with van der Waals surface area (Å²) in [4.78, 5) is 2.56. The molecule has 1 saturated heterocycles. The molecule has 14 heavy (non-hydrogen) atoms. The second kappa shape index (κ2) is 6.38. The van der Waals surface area contributed by atoms with Gasteiger partial charge < -0.3 is 15.0 Å². The van der Waals surface area contributed by atoms with Crippen molar-refractivity contribution >= 4 is 0 Å². The van der Waals surface area contributed by atoms with Crippen LogP contribution in [0, 0.1) is 0 Å². The molecule has 3 nitrogen and oxygen atoms in total. The normalized spacial score (nSPS) is 29.4. The topological polar surface area (TPSA) is 24.5 Å². The number of hydrogen-bond acceptors (Lipinski definition) is 3. The van der Waals surface area contributed by atoms with E-state index < -0.39 is 0 Å². The van der Waals surface area contributed by atoms with Crippen molar-refractivity contribution in [2.45, 2.75) is 38.8 Å². The second-order valence-electron chi connectivity index (χ2n) is 4.43. The van der Waals surface area contributed by atoms with E-state index in [0.717, 1.165) is 6.61 Å². The van der Waals surface area contributed by atoms with E-state index in [1.165, 1.54) is 32.5 Å². The summed E-state index contributed by atoms with van der Waals surface area (Å²) in [6.45, 7) is 9.03. The molecule has 0 aromatic carbocycles. The molecule has 1 heterocycles.